The number of aliphatic hydroxyl groups excluding tert-OH is 1. The van der Waals surface area contributed by atoms with Crippen LogP contribution in [-0.4, -0.2) is 66.7 Å². The Hall–Kier alpha value is -0.860. The third-order valence-corrected chi connectivity index (χ3v) is 4.82. The van der Waals surface area contributed by atoms with Crippen molar-refractivity contribution in [1.82, 2.24) is 15.1 Å². The smallest absolute Gasteiger partial charge is 0.193 e. The van der Waals surface area contributed by atoms with Crippen molar-refractivity contribution in [2.45, 2.75) is 45.8 Å². The van der Waals surface area contributed by atoms with Crippen LogP contribution in [0.25, 0.3) is 0 Å². The second kappa shape index (κ2) is 12.5. The van der Waals surface area contributed by atoms with Crippen LogP contribution >= 0.6 is 24.0 Å². The Morgan fingerprint density at radius 1 is 1.31 bits per heavy atom. The van der Waals surface area contributed by atoms with Gasteiger partial charge in [-0.3, -0.25) is 4.99 Å². The fourth-order valence-electron chi connectivity index (χ4n) is 3.21. The maximum atomic E-state index is 9.57. The van der Waals surface area contributed by atoms with E-state index in [1.807, 2.05) is 0 Å². The van der Waals surface area contributed by atoms with Gasteiger partial charge in [0.05, 0.1) is 6.10 Å². The number of aliphatic hydroxyl groups is 1. The highest BCUT2D eigenvalue weighted by Gasteiger charge is 2.16. The van der Waals surface area contributed by atoms with Crippen molar-refractivity contribution in [3.8, 4) is 0 Å². The second-order valence-corrected chi connectivity index (χ2v) is 6.94. The molecule has 2 N–H and O–H groups in total. The van der Waals surface area contributed by atoms with Gasteiger partial charge in [-0.15, -0.1) is 24.0 Å². The van der Waals surface area contributed by atoms with Gasteiger partial charge in [-0.1, -0.05) is 24.3 Å². The molecule has 0 spiro atoms. The van der Waals surface area contributed by atoms with Gasteiger partial charge >= 0.3 is 0 Å². The Kier molecular flexibility index (Phi) is 11.2. The number of benzene rings is 1. The van der Waals surface area contributed by atoms with Crippen molar-refractivity contribution in [3.63, 3.8) is 0 Å². The summed E-state index contributed by atoms with van der Waals surface area (Å²) < 4.78 is 0. The molecular formula is C20H35IN4O. The molecule has 1 fully saturated rings. The topological polar surface area (TPSA) is 51.1 Å². The number of halogens is 1. The number of nitrogens with one attached hydrogen (secondary N) is 1. The Balaban J connectivity index is 0.00000338. The van der Waals surface area contributed by atoms with Crippen LogP contribution in [0.4, 0.5) is 0 Å². The van der Waals surface area contributed by atoms with Crippen LogP contribution in [0.2, 0.25) is 0 Å². The van der Waals surface area contributed by atoms with Crippen LogP contribution in [0.15, 0.2) is 29.3 Å². The van der Waals surface area contributed by atoms with Gasteiger partial charge in [0.2, 0.25) is 0 Å². The van der Waals surface area contributed by atoms with Gasteiger partial charge in [-0.05, 0) is 50.8 Å². The molecule has 0 aliphatic carbocycles. The van der Waals surface area contributed by atoms with E-state index in [4.69, 9.17) is 4.99 Å². The van der Waals surface area contributed by atoms with Gasteiger partial charge in [0.25, 0.3) is 0 Å². The maximum absolute atomic E-state index is 9.57. The molecule has 0 saturated carbocycles. The van der Waals surface area contributed by atoms with Crippen LogP contribution in [0.1, 0.15) is 37.3 Å². The summed E-state index contributed by atoms with van der Waals surface area (Å²) in [6, 6.07) is 8.51. The minimum Gasteiger partial charge on any atom is -0.393 e. The van der Waals surface area contributed by atoms with Crippen LogP contribution in [-0.2, 0) is 6.54 Å². The molecule has 1 aromatic rings. The van der Waals surface area contributed by atoms with Crippen LogP contribution in [0.5, 0.6) is 0 Å². The minimum atomic E-state index is -0.0929. The number of aliphatic imine (C=N–C) groups is 1. The van der Waals surface area contributed by atoms with E-state index in [9.17, 15) is 5.11 Å². The molecule has 0 aromatic heterocycles. The van der Waals surface area contributed by atoms with E-state index < -0.39 is 0 Å². The lowest BCUT2D eigenvalue weighted by Crippen LogP contribution is -2.39. The highest BCUT2D eigenvalue weighted by atomic mass is 127. The van der Waals surface area contributed by atoms with Gasteiger partial charge in [0, 0.05) is 39.8 Å². The van der Waals surface area contributed by atoms with Crippen molar-refractivity contribution in [1.29, 1.82) is 0 Å². The highest BCUT2D eigenvalue weighted by Crippen LogP contribution is 2.11. The summed E-state index contributed by atoms with van der Waals surface area (Å²) in [6.07, 6.45) is 2.78. The first kappa shape index (κ1) is 23.2. The van der Waals surface area contributed by atoms with Crippen molar-refractivity contribution >= 4 is 29.9 Å². The van der Waals surface area contributed by atoms with Gasteiger partial charge in [0.15, 0.2) is 5.96 Å². The van der Waals surface area contributed by atoms with Gasteiger partial charge in [0.1, 0.15) is 0 Å². The summed E-state index contributed by atoms with van der Waals surface area (Å²) in [5.74, 6) is 0.972. The number of hydrogen-bond acceptors (Lipinski definition) is 3. The Morgan fingerprint density at radius 2 is 2.00 bits per heavy atom. The molecule has 6 heteroatoms. The van der Waals surface area contributed by atoms with E-state index in [1.165, 1.54) is 11.1 Å². The minimum absolute atomic E-state index is 0. The normalized spacial score (nSPS) is 16.2. The van der Waals surface area contributed by atoms with Crippen molar-refractivity contribution in [3.05, 3.63) is 35.4 Å². The molecule has 1 saturated heterocycles. The lowest BCUT2D eigenvalue weighted by molar-refractivity contribution is 0.0824. The summed E-state index contributed by atoms with van der Waals surface area (Å²) in [6.45, 7) is 9.93. The number of nitrogens with zero attached hydrogens (tertiary/aromatic N) is 3. The lowest BCUT2D eigenvalue weighted by Gasteiger charge is -2.29. The SMILES string of the molecule is CCNC(=NCCCN1CCC(O)CC1)N(C)Cc1ccccc1C.I. The summed E-state index contributed by atoms with van der Waals surface area (Å²) in [7, 11) is 2.10. The fourth-order valence-corrected chi connectivity index (χ4v) is 3.21. The average molecular weight is 474 g/mol. The number of likely N-dealkylation sites (tertiary alicyclic amines) is 1. The first-order valence-electron chi connectivity index (χ1n) is 9.54. The summed E-state index contributed by atoms with van der Waals surface area (Å²) in [5.41, 5.74) is 2.65. The van der Waals surface area contributed by atoms with E-state index in [2.05, 4.69) is 60.3 Å². The number of hydrogen-bond donors (Lipinski definition) is 2. The summed E-state index contributed by atoms with van der Waals surface area (Å²) >= 11 is 0. The molecule has 0 atom stereocenters. The molecule has 0 radical (unpaired) electrons. The third-order valence-electron chi connectivity index (χ3n) is 4.82. The largest absolute Gasteiger partial charge is 0.393 e. The molecular weight excluding hydrogens is 439 g/mol. The monoisotopic (exact) mass is 474 g/mol. The molecule has 0 amide bonds. The average Bonchev–Trinajstić information content (AvgIpc) is 2.61. The number of rotatable bonds is 7. The zero-order valence-electron chi connectivity index (χ0n) is 16.4. The van der Waals surface area contributed by atoms with E-state index in [-0.39, 0.29) is 30.1 Å². The first-order valence-corrected chi connectivity index (χ1v) is 9.54. The number of piperidine rings is 1. The van der Waals surface area contributed by atoms with E-state index >= 15 is 0 Å². The van der Waals surface area contributed by atoms with E-state index in [0.717, 1.165) is 64.5 Å². The molecule has 2 rings (SSSR count). The van der Waals surface area contributed by atoms with Gasteiger partial charge in [-0.2, -0.15) is 0 Å². The fraction of sp³-hybridized carbons (Fsp3) is 0.650. The molecule has 1 aromatic carbocycles. The van der Waals surface area contributed by atoms with Gasteiger partial charge < -0.3 is 20.2 Å². The lowest BCUT2D eigenvalue weighted by atomic mass is 10.1. The molecule has 0 unspecified atom stereocenters. The standard InChI is InChI=1S/C20H34N4O.HI/c1-4-21-20(23(3)16-18-9-6-5-8-17(18)2)22-12-7-13-24-14-10-19(25)11-15-24;/h5-6,8-9,19,25H,4,7,10-16H2,1-3H3,(H,21,22);1H. The van der Waals surface area contributed by atoms with Crippen molar-refractivity contribution < 1.29 is 5.11 Å². The zero-order chi connectivity index (χ0) is 18.1. The van der Waals surface area contributed by atoms with Crippen molar-refractivity contribution in [2.75, 3.05) is 39.8 Å². The van der Waals surface area contributed by atoms with E-state index in [0.29, 0.717) is 0 Å². The predicted molar refractivity (Wildman–Crippen MR) is 120 cm³/mol. The molecule has 0 bridgehead atoms. The number of aryl methyl sites for hydroxylation is 1. The van der Waals surface area contributed by atoms with Crippen LogP contribution < -0.4 is 5.32 Å². The van der Waals surface area contributed by atoms with Crippen LogP contribution in [0.3, 0.4) is 0 Å². The van der Waals surface area contributed by atoms with E-state index in [1.54, 1.807) is 0 Å². The highest BCUT2D eigenvalue weighted by molar-refractivity contribution is 14.0. The number of guanidine groups is 1. The maximum Gasteiger partial charge on any atom is 0.193 e. The zero-order valence-corrected chi connectivity index (χ0v) is 18.8. The van der Waals surface area contributed by atoms with Crippen molar-refractivity contribution in [2.24, 2.45) is 4.99 Å². The van der Waals surface area contributed by atoms with Gasteiger partial charge in [-0.25, -0.2) is 0 Å². The predicted octanol–water partition coefficient (Wildman–Crippen LogP) is 2.86. The second-order valence-electron chi connectivity index (χ2n) is 6.94. The summed E-state index contributed by atoms with van der Waals surface area (Å²) in [5, 5.41) is 13.0. The molecule has 5 nitrogen and oxygen atoms in total. The molecule has 1 heterocycles. The first-order chi connectivity index (χ1) is 12.1. The quantitative estimate of drug-likeness (QED) is 0.276. The molecule has 148 valence electrons. The van der Waals surface area contributed by atoms with Crippen LogP contribution in [0, 0.1) is 6.92 Å². The Morgan fingerprint density at radius 3 is 2.65 bits per heavy atom. The third kappa shape index (κ3) is 7.80. The Bertz CT molecular complexity index is 544. The molecule has 26 heavy (non-hydrogen) atoms. The summed E-state index contributed by atoms with van der Waals surface area (Å²) in [4.78, 5) is 9.43. The molecule has 1 aliphatic heterocycles. The Labute approximate surface area is 175 Å². The molecule has 1 aliphatic rings.